The lowest BCUT2D eigenvalue weighted by Gasteiger charge is -2.14. The van der Waals surface area contributed by atoms with Crippen molar-refractivity contribution in [2.45, 2.75) is 20.3 Å². The Hall–Kier alpha value is -3.02. The minimum absolute atomic E-state index is 0.144. The normalized spacial score (nSPS) is 10.2. The van der Waals surface area contributed by atoms with Crippen LogP contribution in [0.4, 0.5) is 5.69 Å². The lowest BCUT2D eigenvalue weighted by Crippen LogP contribution is -2.42. The van der Waals surface area contributed by atoms with E-state index in [1.807, 2.05) is 57.1 Å². The quantitative estimate of drug-likeness (QED) is 0.782. The Morgan fingerprint density at radius 1 is 1.04 bits per heavy atom. The molecule has 0 radical (unpaired) electrons. The van der Waals surface area contributed by atoms with Crippen molar-refractivity contribution in [1.82, 2.24) is 10.9 Å². The van der Waals surface area contributed by atoms with Crippen LogP contribution in [0.5, 0.6) is 5.75 Å². The molecule has 0 atom stereocenters. The van der Waals surface area contributed by atoms with E-state index >= 15 is 0 Å². The summed E-state index contributed by atoms with van der Waals surface area (Å²) in [6, 6.07) is 13.1. The molecule has 0 fully saturated rings. The number of carbonyl (C=O) groups is 2. The first kappa shape index (κ1) is 19.3. The molecule has 0 aromatic heterocycles. The predicted octanol–water partition coefficient (Wildman–Crippen LogP) is 2.60. The minimum Gasteiger partial charge on any atom is -0.493 e. The number of hydrazine groups is 1. The lowest BCUT2D eigenvalue weighted by atomic mass is 10.1. The number of ether oxygens (including phenoxy) is 1. The van der Waals surface area contributed by atoms with Gasteiger partial charge in [0.15, 0.2) is 0 Å². The average Bonchev–Trinajstić information content (AvgIpc) is 2.62. The molecule has 0 aliphatic heterocycles. The van der Waals surface area contributed by atoms with E-state index in [-0.39, 0.29) is 24.8 Å². The van der Waals surface area contributed by atoms with E-state index in [0.29, 0.717) is 5.56 Å². The van der Waals surface area contributed by atoms with Gasteiger partial charge in [0, 0.05) is 25.3 Å². The number of carbonyl (C=O) groups excluding carboxylic acids is 2. The molecule has 6 heteroatoms. The number of nitrogens with one attached hydrogen (secondary N) is 2. The van der Waals surface area contributed by atoms with Gasteiger partial charge in [0.25, 0.3) is 5.91 Å². The molecule has 26 heavy (non-hydrogen) atoms. The maximum absolute atomic E-state index is 12.1. The molecule has 0 spiro atoms. The Morgan fingerprint density at radius 2 is 1.81 bits per heavy atom. The highest BCUT2D eigenvalue weighted by molar-refractivity contribution is 5.96. The van der Waals surface area contributed by atoms with Crippen LogP contribution in [-0.2, 0) is 4.79 Å². The molecule has 0 saturated heterocycles. The largest absolute Gasteiger partial charge is 0.493 e. The van der Waals surface area contributed by atoms with E-state index in [1.54, 1.807) is 18.2 Å². The number of nitrogens with zero attached hydrogens (tertiary/aromatic N) is 1. The van der Waals surface area contributed by atoms with Crippen molar-refractivity contribution in [2.24, 2.45) is 0 Å². The molecule has 2 rings (SSSR count). The highest BCUT2D eigenvalue weighted by atomic mass is 16.5. The van der Waals surface area contributed by atoms with Gasteiger partial charge in [-0.25, -0.2) is 0 Å². The van der Waals surface area contributed by atoms with Crippen LogP contribution >= 0.6 is 0 Å². The van der Waals surface area contributed by atoms with E-state index < -0.39 is 0 Å². The number of aryl methyl sites for hydroxylation is 2. The zero-order valence-electron chi connectivity index (χ0n) is 15.6. The summed E-state index contributed by atoms with van der Waals surface area (Å²) in [5.74, 6) is 0.0900. The van der Waals surface area contributed by atoms with Crippen LogP contribution in [0.1, 0.15) is 27.9 Å². The average molecular weight is 355 g/mol. The first-order valence-corrected chi connectivity index (χ1v) is 8.43. The van der Waals surface area contributed by atoms with Crippen LogP contribution < -0.4 is 20.5 Å². The fourth-order valence-electron chi connectivity index (χ4n) is 2.30. The van der Waals surface area contributed by atoms with Gasteiger partial charge in [-0.1, -0.05) is 18.2 Å². The van der Waals surface area contributed by atoms with Gasteiger partial charge < -0.3 is 9.64 Å². The first-order valence-electron chi connectivity index (χ1n) is 8.43. The Balaban J connectivity index is 1.78. The molecular formula is C20H25N3O3. The van der Waals surface area contributed by atoms with Crippen molar-refractivity contribution in [2.75, 3.05) is 25.6 Å². The molecule has 0 heterocycles. The number of hydrogen-bond acceptors (Lipinski definition) is 4. The third kappa shape index (κ3) is 5.51. The molecule has 138 valence electrons. The van der Waals surface area contributed by atoms with Gasteiger partial charge in [-0.2, -0.15) is 0 Å². The second-order valence-electron chi connectivity index (χ2n) is 6.31. The van der Waals surface area contributed by atoms with Gasteiger partial charge >= 0.3 is 0 Å². The molecule has 2 amide bonds. The smallest absolute Gasteiger partial charge is 0.269 e. The number of amides is 2. The third-order valence-electron chi connectivity index (χ3n) is 3.87. The monoisotopic (exact) mass is 355 g/mol. The predicted molar refractivity (Wildman–Crippen MR) is 102 cm³/mol. The van der Waals surface area contributed by atoms with Crippen LogP contribution in [0.3, 0.4) is 0 Å². The Bertz CT molecular complexity index is 788. The van der Waals surface area contributed by atoms with Crippen LogP contribution in [0.25, 0.3) is 0 Å². The zero-order chi connectivity index (χ0) is 19.1. The molecule has 6 nitrogen and oxygen atoms in total. The fraction of sp³-hybridized carbons (Fsp3) is 0.300. The molecule has 0 bridgehead atoms. The Labute approximate surface area is 154 Å². The molecule has 2 aromatic rings. The first-order chi connectivity index (χ1) is 12.4. The van der Waals surface area contributed by atoms with Crippen molar-refractivity contribution in [3.8, 4) is 5.75 Å². The Kier molecular flexibility index (Phi) is 6.60. The summed E-state index contributed by atoms with van der Waals surface area (Å²) in [6.07, 6.45) is 0.144. The molecule has 2 aromatic carbocycles. The summed E-state index contributed by atoms with van der Waals surface area (Å²) < 4.78 is 5.64. The minimum atomic E-state index is -0.363. The van der Waals surface area contributed by atoms with Crippen LogP contribution in [-0.4, -0.2) is 32.5 Å². The highest BCUT2D eigenvalue weighted by Crippen LogP contribution is 2.19. The SMILES string of the molecule is Cc1ccc(C)c(OCCC(=O)NNC(=O)c2cccc(N(C)C)c2)c1. The number of anilines is 1. The summed E-state index contributed by atoms with van der Waals surface area (Å²) in [5, 5.41) is 0. The van der Waals surface area contributed by atoms with Crippen LogP contribution in [0.15, 0.2) is 42.5 Å². The van der Waals surface area contributed by atoms with E-state index in [2.05, 4.69) is 10.9 Å². The van der Waals surface area contributed by atoms with Gasteiger partial charge in [-0.3, -0.25) is 20.4 Å². The topological polar surface area (TPSA) is 70.7 Å². The highest BCUT2D eigenvalue weighted by Gasteiger charge is 2.09. The second kappa shape index (κ2) is 8.89. The number of hydrogen-bond donors (Lipinski definition) is 2. The Morgan fingerprint density at radius 3 is 2.54 bits per heavy atom. The van der Waals surface area contributed by atoms with E-state index in [0.717, 1.165) is 22.6 Å². The number of rotatable bonds is 6. The molecular weight excluding hydrogens is 330 g/mol. The van der Waals surface area contributed by atoms with Gasteiger partial charge in [0.1, 0.15) is 5.75 Å². The maximum atomic E-state index is 12.1. The van der Waals surface area contributed by atoms with Crippen LogP contribution in [0.2, 0.25) is 0 Å². The van der Waals surface area contributed by atoms with Gasteiger partial charge in [-0.05, 0) is 49.2 Å². The van der Waals surface area contributed by atoms with E-state index in [4.69, 9.17) is 4.74 Å². The standard InChI is InChI=1S/C20H25N3O3/c1-14-8-9-15(2)18(12-14)26-11-10-19(24)21-22-20(25)16-6-5-7-17(13-16)23(3)4/h5-9,12-13H,10-11H2,1-4H3,(H,21,24)(H,22,25). The molecule has 2 N–H and O–H groups in total. The number of benzene rings is 2. The summed E-state index contributed by atoms with van der Waals surface area (Å²) in [5.41, 5.74) is 8.33. The third-order valence-corrected chi connectivity index (χ3v) is 3.87. The molecule has 0 saturated carbocycles. The second-order valence-corrected chi connectivity index (χ2v) is 6.31. The molecule has 0 aliphatic rings. The van der Waals surface area contributed by atoms with Gasteiger partial charge in [-0.15, -0.1) is 0 Å². The summed E-state index contributed by atoms with van der Waals surface area (Å²) in [7, 11) is 3.80. The molecule has 0 unspecified atom stereocenters. The summed E-state index contributed by atoms with van der Waals surface area (Å²) in [4.78, 5) is 25.9. The van der Waals surface area contributed by atoms with E-state index in [1.165, 1.54) is 0 Å². The van der Waals surface area contributed by atoms with Crippen LogP contribution in [0, 0.1) is 13.8 Å². The van der Waals surface area contributed by atoms with Crippen molar-refractivity contribution in [3.05, 3.63) is 59.2 Å². The van der Waals surface area contributed by atoms with Crippen molar-refractivity contribution in [3.63, 3.8) is 0 Å². The summed E-state index contributed by atoms with van der Waals surface area (Å²) >= 11 is 0. The fourth-order valence-corrected chi connectivity index (χ4v) is 2.30. The van der Waals surface area contributed by atoms with Gasteiger partial charge in [0.2, 0.25) is 5.91 Å². The van der Waals surface area contributed by atoms with Gasteiger partial charge in [0.05, 0.1) is 13.0 Å². The van der Waals surface area contributed by atoms with Crippen molar-refractivity contribution in [1.29, 1.82) is 0 Å². The summed E-state index contributed by atoms with van der Waals surface area (Å²) in [6.45, 7) is 4.18. The molecule has 0 aliphatic carbocycles. The maximum Gasteiger partial charge on any atom is 0.269 e. The van der Waals surface area contributed by atoms with Crippen molar-refractivity contribution < 1.29 is 14.3 Å². The van der Waals surface area contributed by atoms with Crippen molar-refractivity contribution >= 4 is 17.5 Å². The zero-order valence-corrected chi connectivity index (χ0v) is 15.6. The van der Waals surface area contributed by atoms with E-state index in [9.17, 15) is 9.59 Å². The lowest BCUT2D eigenvalue weighted by molar-refractivity contribution is -0.122.